The van der Waals surface area contributed by atoms with Crippen molar-refractivity contribution in [1.29, 1.82) is 0 Å². The zero-order valence-corrected chi connectivity index (χ0v) is 16.7. The van der Waals surface area contributed by atoms with E-state index in [2.05, 4.69) is 26.3 Å². The summed E-state index contributed by atoms with van der Waals surface area (Å²) in [6.07, 6.45) is 13.8. The van der Waals surface area contributed by atoms with Crippen LogP contribution in [0.25, 0.3) is 0 Å². The fourth-order valence-electron chi connectivity index (χ4n) is 1.19. The van der Waals surface area contributed by atoms with Gasteiger partial charge in [0.1, 0.15) is 0 Å². The normalized spacial score (nSPS) is 11.4. The van der Waals surface area contributed by atoms with Crippen LogP contribution >= 0.6 is 0 Å². The fraction of sp³-hybridized carbons (Fsp3) is 0.250. The molecule has 2 atom stereocenters. The molecule has 150 valence electrons. The van der Waals surface area contributed by atoms with Crippen molar-refractivity contribution in [3.8, 4) is 0 Å². The molecule has 0 aliphatic heterocycles. The molecular formula is C24H36O3. The van der Waals surface area contributed by atoms with E-state index >= 15 is 0 Å². The molecule has 0 bridgehead atoms. The van der Waals surface area contributed by atoms with Gasteiger partial charge in [0.25, 0.3) is 0 Å². The van der Waals surface area contributed by atoms with E-state index in [9.17, 15) is 0 Å². The van der Waals surface area contributed by atoms with Gasteiger partial charge in [-0.3, -0.25) is 0 Å². The second kappa shape index (κ2) is 25.8. The summed E-state index contributed by atoms with van der Waals surface area (Å²) in [7, 11) is 0. The van der Waals surface area contributed by atoms with Gasteiger partial charge in [0.2, 0.25) is 0 Å². The predicted molar refractivity (Wildman–Crippen MR) is 120 cm³/mol. The van der Waals surface area contributed by atoms with Gasteiger partial charge in [0.05, 0.1) is 12.2 Å². The Hall–Kier alpha value is -2.46. The van der Waals surface area contributed by atoms with Crippen LogP contribution in [-0.2, 0) is 0 Å². The molecule has 3 heteroatoms. The maximum atomic E-state index is 9.02. The molecule has 1 aromatic rings. The van der Waals surface area contributed by atoms with Crippen molar-refractivity contribution in [2.24, 2.45) is 0 Å². The Kier molecular flexibility index (Phi) is 28.0. The number of allylic oxidation sites excluding steroid dienone is 6. The van der Waals surface area contributed by atoms with Crippen LogP contribution in [0.4, 0.5) is 0 Å². The van der Waals surface area contributed by atoms with Gasteiger partial charge in [-0.1, -0.05) is 98.7 Å². The Balaban J connectivity index is -0.000000302. The first-order chi connectivity index (χ1) is 12.9. The Bertz CT molecular complexity index is 506. The smallest absolute Gasteiger partial charge is 0.0761 e. The molecule has 0 aliphatic carbocycles. The summed E-state index contributed by atoms with van der Waals surface area (Å²) in [4.78, 5) is 0. The molecule has 0 heterocycles. The minimum Gasteiger partial charge on any atom is -0.396 e. The monoisotopic (exact) mass is 372 g/mol. The van der Waals surface area contributed by atoms with Crippen LogP contribution in [-0.4, -0.2) is 28.0 Å². The Morgan fingerprint density at radius 2 is 1.41 bits per heavy atom. The fourth-order valence-corrected chi connectivity index (χ4v) is 1.19. The highest BCUT2D eigenvalue weighted by Gasteiger charge is 1.95. The third-order valence-electron chi connectivity index (χ3n) is 2.53. The van der Waals surface area contributed by atoms with Crippen LogP contribution in [0.15, 0.2) is 105 Å². The molecule has 0 aliphatic rings. The standard InChI is InChI=1S/C8H10O.C8H12O.C4H8O.C4H6/c1-7(9)8-5-3-2-4-6-8;1-3-4-5-6-7-8(2)9;1-2-3-4-5;1-3-4-2/h2-7,9H,1H3;3-9H,1H2,2H3;2,5H,1,3-4H2;3-4H,1-2H2. The molecule has 0 amide bonds. The molecule has 3 N–H and O–H groups in total. The van der Waals surface area contributed by atoms with E-state index in [1.54, 1.807) is 56.4 Å². The molecule has 0 saturated heterocycles. The molecule has 1 aromatic carbocycles. The lowest BCUT2D eigenvalue weighted by molar-refractivity contribution is 0.199. The second-order valence-electron chi connectivity index (χ2n) is 5.11. The quantitative estimate of drug-likeness (QED) is 0.448. The molecule has 3 nitrogen and oxygen atoms in total. The molecular weight excluding hydrogens is 336 g/mol. The van der Waals surface area contributed by atoms with Gasteiger partial charge in [-0.05, 0) is 25.8 Å². The van der Waals surface area contributed by atoms with Crippen molar-refractivity contribution in [1.82, 2.24) is 0 Å². The molecule has 0 aromatic heterocycles. The van der Waals surface area contributed by atoms with Gasteiger partial charge >= 0.3 is 0 Å². The van der Waals surface area contributed by atoms with Crippen LogP contribution in [0.5, 0.6) is 0 Å². The van der Waals surface area contributed by atoms with E-state index < -0.39 is 0 Å². The number of hydrogen-bond donors (Lipinski definition) is 3. The van der Waals surface area contributed by atoms with E-state index in [1.165, 1.54) is 0 Å². The van der Waals surface area contributed by atoms with E-state index in [0.29, 0.717) is 6.42 Å². The minimum atomic E-state index is -0.362. The summed E-state index contributed by atoms with van der Waals surface area (Å²) in [5.74, 6) is 0. The van der Waals surface area contributed by atoms with Crippen molar-refractivity contribution in [3.63, 3.8) is 0 Å². The largest absolute Gasteiger partial charge is 0.396 e. The minimum absolute atomic E-state index is 0.226. The van der Waals surface area contributed by atoms with Gasteiger partial charge < -0.3 is 15.3 Å². The molecule has 27 heavy (non-hydrogen) atoms. The van der Waals surface area contributed by atoms with E-state index in [-0.39, 0.29) is 18.8 Å². The van der Waals surface area contributed by atoms with Gasteiger partial charge in [-0.25, -0.2) is 0 Å². The summed E-state index contributed by atoms with van der Waals surface area (Å²) in [6.45, 7) is 17.3. The summed E-state index contributed by atoms with van der Waals surface area (Å²) in [5.41, 5.74) is 0.970. The average molecular weight is 373 g/mol. The average Bonchev–Trinajstić information content (AvgIpc) is 2.67. The third-order valence-corrected chi connectivity index (χ3v) is 2.53. The summed E-state index contributed by atoms with van der Waals surface area (Å²) in [6, 6.07) is 9.59. The number of hydrogen-bond acceptors (Lipinski definition) is 3. The Morgan fingerprint density at radius 1 is 0.852 bits per heavy atom. The summed E-state index contributed by atoms with van der Waals surface area (Å²) < 4.78 is 0. The zero-order chi connectivity index (χ0) is 21.3. The Labute approximate surface area is 165 Å². The molecule has 1 rings (SSSR count). The lowest BCUT2D eigenvalue weighted by atomic mass is 10.1. The van der Waals surface area contributed by atoms with Gasteiger partial charge in [-0.2, -0.15) is 0 Å². The van der Waals surface area contributed by atoms with Crippen LogP contribution in [0.2, 0.25) is 0 Å². The highest BCUT2D eigenvalue weighted by molar-refractivity contribution is 5.16. The van der Waals surface area contributed by atoms with Crippen molar-refractivity contribution < 1.29 is 15.3 Å². The molecule has 0 radical (unpaired) electrons. The maximum Gasteiger partial charge on any atom is 0.0761 e. The predicted octanol–water partition coefficient (Wildman–Crippen LogP) is 5.32. The second-order valence-corrected chi connectivity index (χ2v) is 5.11. The number of rotatable bonds is 7. The molecule has 0 spiro atoms. The zero-order valence-electron chi connectivity index (χ0n) is 16.7. The summed E-state index contributed by atoms with van der Waals surface area (Å²) >= 11 is 0. The van der Waals surface area contributed by atoms with Crippen molar-refractivity contribution in [3.05, 3.63) is 111 Å². The van der Waals surface area contributed by atoms with E-state index in [0.717, 1.165) is 5.56 Å². The van der Waals surface area contributed by atoms with Crippen LogP contribution in [0, 0.1) is 0 Å². The van der Waals surface area contributed by atoms with Crippen molar-refractivity contribution >= 4 is 0 Å². The molecule has 2 unspecified atom stereocenters. The lowest BCUT2D eigenvalue weighted by Crippen LogP contribution is -1.90. The number of aliphatic hydroxyl groups excluding tert-OH is 3. The lowest BCUT2D eigenvalue weighted by Gasteiger charge is -2.00. The SMILES string of the molecule is C=CC=C.C=CC=CC=CC(C)O.C=CCCO.CC(O)c1ccccc1. The topological polar surface area (TPSA) is 60.7 Å². The number of aliphatic hydroxyl groups is 3. The molecule has 0 fully saturated rings. The van der Waals surface area contributed by atoms with E-state index in [4.69, 9.17) is 15.3 Å². The Morgan fingerprint density at radius 3 is 1.67 bits per heavy atom. The highest BCUT2D eigenvalue weighted by Crippen LogP contribution is 2.09. The van der Waals surface area contributed by atoms with Gasteiger partial charge in [0.15, 0.2) is 0 Å². The first-order valence-corrected chi connectivity index (χ1v) is 8.73. The third kappa shape index (κ3) is 31.8. The first kappa shape index (κ1) is 29.3. The van der Waals surface area contributed by atoms with E-state index in [1.807, 2.05) is 36.4 Å². The summed E-state index contributed by atoms with van der Waals surface area (Å²) in [5, 5.41) is 25.7. The highest BCUT2D eigenvalue weighted by atomic mass is 16.3. The van der Waals surface area contributed by atoms with Gasteiger partial charge in [-0.15, -0.1) is 6.58 Å². The van der Waals surface area contributed by atoms with Crippen molar-refractivity contribution in [2.75, 3.05) is 6.61 Å². The van der Waals surface area contributed by atoms with Crippen LogP contribution in [0.1, 0.15) is 31.9 Å². The number of benzene rings is 1. The first-order valence-electron chi connectivity index (χ1n) is 8.73. The van der Waals surface area contributed by atoms with Gasteiger partial charge in [0, 0.05) is 6.61 Å². The van der Waals surface area contributed by atoms with Crippen molar-refractivity contribution in [2.45, 2.75) is 32.5 Å². The molecule has 0 saturated carbocycles. The van der Waals surface area contributed by atoms with Crippen LogP contribution < -0.4 is 0 Å². The maximum absolute atomic E-state index is 9.02. The van der Waals surface area contributed by atoms with Crippen LogP contribution in [0.3, 0.4) is 0 Å².